The number of nitrogens with one attached hydrogen (secondary N) is 1. The molecule has 9 nitrogen and oxygen atoms in total. The molecular formula is C13H9N3O6. The van der Waals surface area contributed by atoms with Crippen LogP contribution in [0.15, 0.2) is 24.3 Å². The average molecular weight is 303 g/mol. The zero-order valence-corrected chi connectivity index (χ0v) is 11.1. The van der Waals surface area contributed by atoms with E-state index in [0.717, 1.165) is 4.90 Å². The summed E-state index contributed by atoms with van der Waals surface area (Å²) in [5.74, 6) is -3.05. The zero-order valence-electron chi connectivity index (χ0n) is 11.1. The summed E-state index contributed by atoms with van der Waals surface area (Å²) in [7, 11) is 0. The van der Waals surface area contributed by atoms with Gasteiger partial charge < -0.3 is 9.74 Å². The molecule has 0 aliphatic carbocycles. The number of hydroxylamine groups is 2. The number of carbonyl (C=O) groups excluding carboxylic acids is 5. The van der Waals surface area contributed by atoms with Crippen LogP contribution in [-0.4, -0.2) is 52.8 Å². The number of imide groups is 2. The quantitative estimate of drug-likeness (QED) is 0.583. The van der Waals surface area contributed by atoms with Gasteiger partial charge in [-0.3, -0.25) is 19.7 Å². The van der Waals surface area contributed by atoms with Crippen molar-refractivity contribution < 1.29 is 28.8 Å². The highest BCUT2D eigenvalue weighted by Gasteiger charge is 2.39. The fourth-order valence-electron chi connectivity index (χ4n) is 2.15. The van der Waals surface area contributed by atoms with Crippen molar-refractivity contribution in [2.24, 2.45) is 0 Å². The third-order valence-electron chi connectivity index (χ3n) is 3.14. The Morgan fingerprint density at radius 1 is 1.09 bits per heavy atom. The van der Waals surface area contributed by atoms with E-state index in [0.29, 0.717) is 5.06 Å². The summed E-state index contributed by atoms with van der Waals surface area (Å²) in [5.41, 5.74) is 0.267. The fourth-order valence-corrected chi connectivity index (χ4v) is 2.15. The van der Waals surface area contributed by atoms with E-state index in [1.807, 2.05) is 5.32 Å². The molecule has 1 N–H and O–H groups in total. The minimum absolute atomic E-state index is 0.134. The van der Waals surface area contributed by atoms with Gasteiger partial charge in [0.2, 0.25) is 5.91 Å². The van der Waals surface area contributed by atoms with E-state index < -0.39 is 36.3 Å². The Morgan fingerprint density at radius 3 is 2.18 bits per heavy atom. The monoisotopic (exact) mass is 303 g/mol. The summed E-state index contributed by atoms with van der Waals surface area (Å²) in [6, 6.07) is 5.31. The van der Waals surface area contributed by atoms with E-state index in [1.165, 1.54) is 12.1 Å². The van der Waals surface area contributed by atoms with Crippen molar-refractivity contribution in [3.05, 3.63) is 35.4 Å². The molecule has 22 heavy (non-hydrogen) atoms. The molecule has 0 atom stereocenters. The summed E-state index contributed by atoms with van der Waals surface area (Å²) < 4.78 is 0. The maximum atomic E-state index is 12.0. The van der Waals surface area contributed by atoms with Crippen LogP contribution >= 0.6 is 0 Å². The number of nitrogens with zero attached hydrogens (tertiary/aromatic N) is 2. The fraction of sp³-hybridized carbons (Fsp3) is 0.154. The molecule has 5 amide bonds. The molecule has 1 saturated heterocycles. The van der Waals surface area contributed by atoms with E-state index in [9.17, 15) is 24.0 Å². The van der Waals surface area contributed by atoms with Crippen molar-refractivity contribution in [3.8, 4) is 0 Å². The molecule has 0 bridgehead atoms. The molecule has 1 aromatic rings. The molecule has 0 spiro atoms. The Hall–Kier alpha value is -3.23. The van der Waals surface area contributed by atoms with Crippen molar-refractivity contribution >= 4 is 29.7 Å². The Morgan fingerprint density at radius 2 is 1.68 bits per heavy atom. The Kier molecular flexibility index (Phi) is 3.09. The predicted molar refractivity (Wildman–Crippen MR) is 68.1 cm³/mol. The van der Waals surface area contributed by atoms with Crippen molar-refractivity contribution in [1.29, 1.82) is 0 Å². The van der Waals surface area contributed by atoms with Gasteiger partial charge in [-0.15, -0.1) is 0 Å². The number of amides is 5. The number of fused-ring (bicyclic) bond motifs is 1. The number of rotatable bonds is 3. The van der Waals surface area contributed by atoms with E-state index in [1.54, 1.807) is 12.1 Å². The first kappa shape index (κ1) is 13.7. The van der Waals surface area contributed by atoms with E-state index in [4.69, 9.17) is 4.84 Å². The molecule has 0 unspecified atom stereocenters. The van der Waals surface area contributed by atoms with Gasteiger partial charge in [-0.05, 0) is 12.1 Å². The molecule has 3 rings (SSSR count). The molecule has 0 saturated carbocycles. The van der Waals surface area contributed by atoms with Crippen molar-refractivity contribution in [2.45, 2.75) is 0 Å². The van der Waals surface area contributed by atoms with Crippen LogP contribution in [0, 0.1) is 0 Å². The number of urea groups is 1. The second kappa shape index (κ2) is 4.95. The molecule has 1 fully saturated rings. The highest BCUT2D eigenvalue weighted by Crippen LogP contribution is 2.22. The van der Waals surface area contributed by atoms with Crippen LogP contribution in [0.4, 0.5) is 4.79 Å². The molecule has 112 valence electrons. The van der Waals surface area contributed by atoms with Gasteiger partial charge in [-0.25, -0.2) is 9.59 Å². The standard InChI is InChI=1S/C13H9N3O6/c17-9-5-15(13(21)14-9)6-10(18)22-16-11(19)7-3-1-2-4-8(7)12(16)20/h1-4H,5-6H2,(H,14,17,21). The Balaban J connectivity index is 1.68. The Labute approximate surface area is 123 Å². The number of hydrogen-bond acceptors (Lipinski definition) is 6. The van der Waals surface area contributed by atoms with Gasteiger partial charge in [0.15, 0.2) is 0 Å². The molecule has 2 heterocycles. The van der Waals surface area contributed by atoms with E-state index >= 15 is 0 Å². The van der Waals surface area contributed by atoms with Crippen LogP contribution in [0.25, 0.3) is 0 Å². The van der Waals surface area contributed by atoms with Crippen molar-refractivity contribution in [3.63, 3.8) is 0 Å². The third-order valence-corrected chi connectivity index (χ3v) is 3.14. The SMILES string of the molecule is O=C1CN(CC(=O)ON2C(=O)c3ccccc3C2=O)C(=O)N1. The van der Waals surface area contributed by atoms with Crippen molar-refractivity contribution in [2.75, 3.05) is 13.1 Å². The molecule has 9 heteroatoms. The van der Waals surface area contributed by atoms with Crippen LogP contribution in [-0.2, 0) is 14.4 Å². The predicted octanol–water partition coefficient (Wildman–Crippen LogP) is -0.707. The molecule has 0 aromatic heterocycles. The number of hydrogen-bond donors (Lipinski definition) is 1. The first-order valence-corrected chi connectivity index (χ1v) is 6.25. The lowest BCUT2D eigenvalue weighted by Gasteiger charge is -2.15. The van der Waals surface area contributed by atoms with Crippen LogP contribution in [0.3, 0.4) is 0 Å². The van der Waals surface area contributed by atoms with Gasteiger partial charge in [0.05, 0.1) is 11.1 Å². The largest absolute Gasteiger partial charge is 0.352 e. The van der Waals surface area contributed by atoms with Crippen molar-refractivity contribution in [1.82, 2.24) is 15.3 Å². The second-order valence-electron chi connectivity index (χ2n) is 4.62. The molecule has 2 aliphatic rings. The zero-order chi connectivity index (χ0) is 15.9. The van der Waals surface area contributed by atoms with Crippen LogP contribution < -0.4 is 5.32 Å². The molecule has 0 radical (unpaired) electrons. The maximum absolute atomic E-state index is 12.0. The first-order chi connectivity index (χ1) is 10.5. The van der Waals surface area contributed by atoms with Gasteiger partial charge in [0, 0.05) is 0 Å². The van der Waals surface area contributed by atoms with E-state index in [2.05, 4.69) is 0 Å². The summed E-state index contributed by atoms with van der Waals surface area (Å²) in [5, 5.41) is 2.34. The van der Waals surface area contributed by atoms with Crippen LogP contribution in [0.2, 0.25) is 0 Å². The summed E-state index contributed by atoms with van der Waals surface area (Å²) in [4.78, 5) is 63.6. The highest BCUT2D eigenvalue weighted by molar-refractivity contribution is 6.20. The molecular weight excluding hydrogens is 294 g/mol. The minimum Gasteiger partial charge on any atom is -0.328 e. The highest BCUT2D eigenvalue weighted by atomic mass is 16.7. The lowest BCUT2D eigenvalue weighted by molar-refractivity contribution is -0.168. The van der Waals surface area contributed by atoms with Gasteiger partial charge in [-0.2, -0.15) is 0 Å². The lowest BCUT2D eigenvalue weighted by atomic mass is 10.1. The van der Waals surface area contributed by atoms with Gasteiger partial charge in [0.25, 0.3) is 11.8 Å². The average Bonchev–Trinajstić information content (AvgIpc) is 2.91. The van der Waals surface area contributed by atoms with Gasteiger partial charge in [-0.1, -0.05) is 17.2 Å². The number of carbonyl (C=O) groups is 5. The molecule has 1 aromatic carbocycles. The smallest absolute Gasteiger partial charge is 0.328 e. The van der Waals surface area contributed by atoms with Crippen LogP contribution in [0.1, 0.15) is 20.7 Å². The summed E-state index contributed by atoms with van der Waals surface area (Å²) in [6.45, 7) is -0.832. The Bertz CT molecular complexity index is 693. The molecule has 2 aliphatic heterocycles. The van der Waals surface area contributed by atoms with Crippen LogP contribution in [0.5, 0.6) is 0 Å². The third kappa shape index (κ3) is 2.18. The summed E-state index contributed by atoms with van der Waals surface area (Å²) >= 11 is 0. The van der Waals surface area contributed by atoms with Gasteiger partial charge in [0.1, 0.15) is 13.1 Å². The second-order valence-corrected chi connectivity index (χ2v) is 4.62. The number of benzene rings is 1. The lowest BCUT2D eigenvalue weighted by Crippen LogP contribution is -2.39. The minimum atomic E-state index is -1.00. The first-order valence-electron chi connectivity index (χ1n) is 6.25. The maximum Gasteiger partial charge on any atom is 0.352 e. The summed E-state index contributed by atoms with van der Waals surface area (Å²) in [6.07, 6.45) is 0. The topological polar surface area (TPSA) is 113 Å². The normalized spacial score (nSPS) is 16.9. The van der Waals surface area contributed by atoms with Gasteiger partial charge >= 0.3 is 12.0 Å². The van der Waals surface area contributed by atoms with E-state index in [-0.39, 0.29) is 17.7 Å².